The first-order chi connectivity index (χ1) is 9.04. The van der Waals surface area contributed by atoms with Gasteiger partial charge in [0.2, 0.25) is 5.91 Å². The van der Waals surface area contributed by atoms with E-state index in [4.69, 9.17) is 5.73 Å². The van der Waals surface area contributed by atoms with Crippen LogP contribution in [0.3, 0.4) is 0 Å². The van der Waals surface area contributed by atoms with Crippen molar-refractivity contribution in [3.8, 4) is 0 Å². The van der Waals surface area contributed by atoms with Crippen LogP contribution in [0.15, 0.2) is 6.07 Å². The molecule has 0 aromatic carbocycles. The Bertz CT molecular complexity index is 436. The van der Waals surface area contributed by atoms with Crippen LogP contribution in [-0.2, 0) is 11.3 Å². The fourth-order valence-corrected chi connectivity index (χ4v) is 2.32. The normalized spacial score (nSPS) is 15.2. The molecule has 0 bridgehead atoms. The number of likely N-dealkylation sites (tertiary alicyclic amines) is 1. The maximum atomic E-state index is 12.0. The van der Waals surface area contributed by atoms with Crippen molar-refractivity contribution < 1.29 is 4.79 Å². The quantitative estimate of drug-likeness (QED) is 0.852. The summed E-state index contributed by atoms with van der Waals surface area (Å²) in [5.41, 5.74) is 6.54. The van der Waals surface area contributed by atoms with Gasteiger partial charge in [0.25, 0.3) is 0 Å². The molecule has 6 nitrogen and oxygen atoms in total. The third-order valence-corrected chi connectivity index (χ3v) is 3.20. The van der Waals surface area contributed by atoms with Crippen molar-refractivity contribution in [2.24, 2.45) is 0 Å². The topological polar surface area (TPSA) is 75.3 Å². The van der Waals surface area contributed by atoms with Crippen molar-refractivity contribution in [1.82, 2.24) is 19.8 Å². The fraction of sp³-hybridized carbons (Fsp3) is 0.615. The number of rotatable bonds is 4. The molecule has 1 amide bonds. The van der Waals surface area contributed by atoms with Crippen LogP contribution in [0, 0.1) is 6.92 Å². The van der Waals surface area contributed by atoms with E-state index in [1.54, 1.807) is 6.07 Å². The van der Waals surface area contributed by atoms with Gasteiger partial charge >= 0.3 is 0 Å². The zero-order valence-corrected chi connectivity index (χ0v) is 11.6. The van der Waals surface area contributed by atoms with Gasteiger partial charge in [0.15, 0.2) is 0 Å². The lowest BCUT2D eigenvalue weighted by molar-refractivity contribution is -0.131. The number of aryl methyl sites for hydroxylation is 1. The van der Waals surface area contributed by atoms with E-state index >= 15 is 0 Å². The van der Waals surface area contributed by atoms with Crippen LogP contribution >= 0.6 is 0 Å². The fourth-order valence-electron chi connectivity index (χ4n) is 2.32. The van der Waals surface area contributed by atoms with E-state index in [0.717, 1.165) is 31.6 Å². The Balaban J connectivity index is 1.89. The highest BCUT2D eigenvalue weighted by molar-refractivity contribution is 5.78. The lowest BCUT2D eigenvalue weighted by Gasteiger charge is -2.20. The largest absolute Gasteiger partial charge is 0.384 e. The van der Waals surface area contributed by atoms with Gasteiger partial charge in [-0.05, 0) is 26.8 Å². The number of aromatic nitrogens is 2. The van der Waals surface area contributed by atoms with Gasteiger partial charge < -0.3 is 10.6 Å². The van der Waals surface area contributed by atoms with Gasteiger partial charge in [-0.1, -0.05) is 0 Å². The molecule has 1 aliphatic rings. The maximum Gasteiger partial charge on any atom is 0.236 e. The van der Waals surface area contributed by atoms with E-state index in [0.29, 0.717) is 24.7 Å². The number of likely N-dealkylation sites (N-methyl/N-ethyl adjacent to an activating group) is 1. The summed E-state index contributed by atoms with van der Waals surface area (Å²) < 4.78 is 0. The summed E-state index contributed by atoms with van der Waals surface area (Å²) >= 11 is 0. The number of nitrogen functional groups attached to an aromatic ring is 1. The standard InChI is InChI=1S/C13H21N5O/c1-10-7-11(14)16-12(15-10)8-17(2)9-13(19)18-5-3-4-6-18/h7H,3-6,8-9H2,1-2H3,(H2,14,15,16). The Labute approximate surface area is 113 Å². The van der Waals surface area contributed by atoms with E-state index in [1.165, 1.54) is 0 Å². The van der Waals surface area contributed by atoms with Crippen molar-refractivity contribution in [3.05, 3.63) is 17.6 Å². The van der Waals surface area contributed by atoms with Gasteiger partial charge in [-0.15, -0.1) is 0 Å². The number of nitrogens with two attached hydrogens (primary N) is 1. The molecule has 0 aliphatic carbocycles. The molecule has 1 aromatic heterocycles. The van der Waals surface area contributed by atoms with Gasteiger partial charge in [0.1, 0.15) is 11.6 Å². The second-order valence-electron chi connectivity index (χ2n) is 5.11. The number of anilines is 1. The molecule has 1 saturated heterocycles. The van der Waals surface area contributed by atoms with Crippen molar-refractivity contribution >= 4 is 11.7 Å². The first kappa shape index (κ1) is 13.7. The Morgan fingerprint density at radius 1 is 1.42 bits per heavy atom. The summed E-state index contributed by atoms with van der Waals surface area (Å²) in [7, 11) is 1.90. The maximum absolute atomic E-state index is 12.0. The Morgan fingerprint density at radius 2 is 2.11 bits per heavy atom. The molecule has 0 saturated carbocycles. The van der Waals surface area contributed by atoms with Gasteiger partial charge in [-0.3, -0.25) is 9.69 Å². The molecular weight excluding hydrogens is 242 g/mol. The van der Waals surface area contributed by atoms with Crippen LogP contribution in [0.2, 0.25) is 0 Å². The van der Waals surface area contributed by atoms with Gasteiger partial charge in [-0.2, -0.15) is 0 Å². The predicted molar refractivity (Wildman–Crippen MR) is 73.3 cm³/mol. The summed E-state index contributed by atoms with van der Waals surface area (Å²) in [5.74, 6) is 1.32. The SMILES string of the molecule is Cc1cc(N)nc(CN(C)CC(=O)N2CCCC2)n1. The Hall–Kier alpha value is -1.69. The third kappa shape index (κ3) is 3.89. The zero-order valence-electron chi connectivity index (χ0n) is 11.6. The van der Waals surface area contributed by atoms with Gasteiger partial charge in [0, 0.05) is 24.8 Å². The molecule has 0 unspecified atom stereocenters. The van der Waals surface area contributed by atoms with Crippen LogP contribution in [0.4, 0.5) is 5.82 Å². The lowest BCUT2D eigenvalue weighted by atomic mass is 10.4. The number of hydrogen-bond acceptors (Lipinski definition) is 5. The Morgan fingerprint density at radius 3 is 2.74 bits per heavy atom. The van der Waals surface area contributed by atoms with Crippen molar-refractivity contribution in [3.63, 3.8) is 0 Å². The molecule has 0 spiro atoms. The Kier molecular flexibility index (Phi) is 4.31. The van der Waals surface area contributed by atoms with E-state index < -0.39 is 0 Å². The zero-order chi connectivity index (χ0) is 13.8. The number of carbonyl (C=O) groups is 1. The molecule has 2 heterocycles. The summed E-state index contributed by atoms with van der Waals surface area (Å²) in [6.45, 7) is 4.60. The van der Waals surface area contributed by atoms with Crippen LogP contribution in [0.5, 0.6) is 0 Å². The molecule has 104 valence electrons. The second kappa shape index (κ2) is 5.97. The van der Waals surface area contributed by atoms with Crippen LogP contribution in [0.25, 0.3) is 0 Å². The van der Waals surface area contributed by atoms with Crippen molar-refractivity contribution in [2.45, 2.75) is 26.3 Å². The molecule has 0 atom stereocenters. The number of nitrogens with zero attached hydrogens (tertiary/aromatic N) is 4. The average Bonchev–Trinajstić information content (AvgIpc) is 2.80. The van der Waals surface area contributed by atoms with E-state index in [2.05, 4.69) is 9.97 Å². The van der Waals surface area contributed by atoms with Crippen molar-refractivity contribution in [2.75, 3.05) is 32.4 Å². The highest BCUT2D eigenvalue weighted by Crippen LogP contribution is 2.09. The summed E-state index contributed by atoms with van der Waals surface area (Å²) in [6, 6.07) is 1.74. The number of carbonyl (C=O) groups excluding carboxylic acids is 1. The molecule has 0 radical (unpaired) electrons. The lowest BCUT2D eigenvalue weighted by Crippen LogP contribution is -2.37. The predicted octanol–water partition coefficient (Wildman–Crippen LogP) is 0.421. The minimum absolute atomic E-state index is 0.181. The number of amides is 1. The monoisotopic (exact) mass is 263 g/mol. The molecule has 6 heteroatoms. The summed E-state index contributed by atoms with van der Waals surface area (Å²) in [6.07, 6.45) is 2.24. The third-order valence-electron chi connectivity index (χ3n) is 3.20. The smallest absolute Gasteiger partial charge is 0.236 e. The van der Waals surface area contributed by atoms with Crippen LogP contribution < -0.4 is 5.73 Å². The van der Waals surface area contributed by atoms with E-state index in [9.17, 15) is 4.79 Å². The first-order valence-corrected chi connectivity index (χ1v) is 6.61. The second-order valence-corrected chi connectivity index (χ2v) is 5.11. The van der Waals surface area contributed by atoms with Crippen LogP contribution in [0.1, 0.15) is 24.4 Å². The molecular formula is C13H21N5O. The highest BCUT2D eigenvalue weighted by Gasteiger charge is 2.19. The molecule has 1 aliphatic heterocycles. The molecule has 2 rings (SSSR count). The minimum Gasteiger partial charge on any atom is -0.384 e. The first-order valence-electron chi connectivity index (χ1n) is 6.61. The van der Waals surface area contributed by atoms with Gasteiger partial charge in [-0.25, -0.2) is 9.97 Å². The average molecular weight is 263 g/mol. The highest BCUT2D eigenvalue weighted by atomic mass is 16.2. The minimum atomic E-state index is 0.181. The van der Waals surface area contributed by atoms with Crippen LogP contribution in [-0.4, -0.2) is 52.4 Å². The van der Waals surface area contributed by atoms with Gasteiger partial charge in [0.05, 0.1) is 13.1 Å². The van der Waals surface area contributed by atoms with E-state index in [-0.39, 0.29) is 5.91 Å². The molecule has 2 N–H and O–H groups in total. The number of hydrogen-bond donors (Lipinski definition) is 1. The summed E-state index contributed by atoms with van der Waals surface area (Å²) in [4.78, 5) is 24.3. The molecule has 1 fully saturated rings. The molecule has 19 heavy (non-hydrogen) atoms. The van der Waals surface area contributed by atoms with E-state index in [1.807, 2.05) is 23.8 Å². The van der Waals surface area contributed by atoms with Crippen molar-refractivity contribution in [1.29, 1.82) is 0 Å². The molecule has 1 aromatic rings. The summed E-state index contributed by atoms with van der Waals surface area (Å²) in [5, 5.41) is 0.